The van der Waals surface area contributed by atoms with Gasteiger partial charge in [-0.25, -0.2) is 0 Å². The molecule has 2 aliphatic rings. The number of carbonyl (C=O) groups is 2. The predicted octanol–water partition coefficient (Wildman–Crippen LogP) is 3.35. The van der Waals surface area contributed by atoms with Crippen LogP contribution < -0.4 is 9.47 Å². The molecule has 0 aromatic heterocycles. The average molecular weight is 389 g/mol. The van der Waals surface area contributed by atoms with Crippen molar-refractivity contribution in [1.82, 2.24) is 9.80 Å². The summed E-state index contributed by atoms with van der Waals surface area (Å²) in [6.45, 7) is 4.22. The van der Waals surface area contributed by atoms with Crippen molar-refractivity contribution < 1.29 is 19.1 Å². The third-order valence-electron chi connectivity index (χ3n) is 6.15. The second-order valence-corrected chi connectivity index (χ2v) is 7.69. The number of piperidine rings is 2. The molecule has 154 valence electrons. The second-order valence-electron chi connectivity index (χ2n) is 7.69. The van der Waals surface area contributed by atoms with Crippen LogP contribution in [-0.4, -0.2) is 61.5 Å². The fourth-order valence-electron chi connectivity index (χ4n) is 4.50. The van der Waals surface area contributed by atoms with Crippen molar-refractivity contribution in [3.8, 4) is 11.5 Å². The van der Waals surface area contributed by atoms with E-state index in [0.29, 0.717) is 36.2 Å². The van der Waals surface area contributed by atoms with E-state index in [-0.39, 0.29) is 17.7 Å². The minimum atomic E-state index is -0.0930. The van der Waals surface area contributed by atoms with Gasteiger partial charge in [-0.05, 0) is 50.7 Å². The molecule has 2 saturated heterocycles. The Bertz CT molecular complexity index is 676. The molecule has 2 aliphatic heterocycles. The van der Waals surface area contributed by atoms with E-state index in [1.54, 1.807) is 26.4 Å². The Balaban J connectivity index is 1.65. The molecule has 0 N–H and O–H groups in total. The lowest BCUT2D eigenvalue weighted by molar-refractivity contribution is -0.140. The average Bonchev–Trinajstić information content (AvgIpc) is 2.77. The van der Waals surface area contributed by atoms with Gasteiger partial charge < -0.3 is 19.3 Å². The molecule has 0 bridgehead atoms. The van der Waals surface area contributed by atoms with Crippen molar-refractivity contribution in [3.63, 3.8) is 0 Å². The lowest BCUT2D eigenvalue weighted by atomic mass is 9.91. The molecule has 2 amide bonds. The zero-order valence-electron chi connectivity index (χ0n) is 17.3. The summed E-state index contributed by atoms with van der Waals surface area (Å²) in [5.41, 5.74) is 0.458. The minimum absolute atomic E-state index is 0.0239. The van der Waals surface area contributed by atoms with Crippen molar-refractivity contribution in [3.05, 3.63) is 23.8 Å². The maximum Gasteiger partial charge on any atom is 0.261 e. The summed E-state index contributed by atoms with van der Waals surface area (Å²) in [4.78, 5) is 30.1. The highest BCUT2D eigenvalue weighted by Gasteiger charge is 2.34. The second kappa shape index (κ2) is 9.30. The zero-order chi connectivity index (χ0) is 20.1. The number of methoxy groups -OCH3 is 2. The van der Waals surface area contributed by atoms with Crippen LogP contribution in [0, 0.1) is 5.92 Å². The van der Waals surface area contributed by atoms with Gasteiger partial charge in [0.25, 0.3) is 5.91 Å². The van der Waals surface area contributed by atoms with Crippen molar-refractivity contribution in [1.29, 1.82) is 0 Å². The van der Waals surface area contributed by atoms with E-state index < -0.39 is 0 Å². The predicted molar refractivity (Wildman–Crippen MR) is 108 cm³/mol. The molecular formula is C22H32N2O4. The molecule has 1 aromatic carbocycles. The van der Waals surface area contributed by atoms with Crippen LogP contribution in [0.4, 0.5) is 0 Å². The number of carbonyl (C=O) groups excluding carboxylic acids is 2. The molecule has 1 aromatic rings. The molecule has 0 spiro atoms. The molecule has 0 aliphatic carbocycles. The highest BCUT2D eigenvalue weighted by Crippen LogP contribution is 2.32. The van der Waals surface area contributed by atoms with Gasteiger partial charge in [0.2, 0.25) is 5.91 Å². The van der Waals surface area contributed by atoms with E-state index in [2.05, 4.69) is 11.8 Å². The SMILES string of the molecule is CCC1CCCCN1C(=O)C1CCN(C(=O)c2c(OC)cccc2OC)CC1. The van der Waals surface area contributed by atoms with Gasteiger partial charge in [-0.15, -0.1) is 0 Å². The Morgan fingerprint density at radius 2 is 1.64 bits per heavy atom. The molecule has 0 saturated carbocycles. The van der Waals surface area contributed by atoms with E-state index in [1.165, 1.54) is 6.42 Å². The van der Waals surface area contributed by atoms with Gasteiger partial charge in [-0.1, -0.05) is 13.0 Å². The number of rotatable bonds is 5. The first-order chi connectivity index (χ1) is 13.6. The molecule has 1 unspecified atom stereocenters. The summed E-state index contributed by atoms with van der Waals surface area (Å²) in [6, 6.07) is 5.74. The van der Waals surface area contributed by atoms with Crippen LogP contribution in [0.15, 0.2) is 18.2 Å². The van der Waals surface area contributed by atoms with Crippen LogP contribution in [0.5, 0.6) is 11.5 Å². The molecule has 2 fully saturated rings. The van der Waals surface area contributed by atoms with Crippen LogP contribution in [0.3, 0.4) is 0 Å². The molecule has 3 rings (SSSR count). The van der Waals surface area contributed by atoms with Crippen LogP contribution in [0.25, 0.3) is 0 Å². The standard InChI is InChI=1S/C22H32N2O4/c1-4-17-8-5-6-13-24(17)21(25)16-11-14-23(15-12-16)22(26)20-18(27-2)9-7-10-19(20)28-3/h7,9-10,16-17H,4-6,8,11-15H2,1-3H3. The van der Waals surface area contributed by atoms with Crippen molar-refractivity contribution in [2.75, 3.05) is 33.9 Å². The number of nitrogens with zero attached hydrogens (tertiary/aromatic N) is 2. The summed E-state index contributed by atoms with van der Waals surface area (Å²) in [6.07, 6.45) is 5.90. The fraction of sp³-hybridized carbons (Fsp3) is 0.636. The summed E-state index contributed by atoms with van der Waals surface area (Å²) in [5, 5.41) is 0. The Hall–Kier alpha value is -2.24. The molecule has 6 heteroatoms. The van der Waals surface area contributed by atoms with E-state index in [0.717, 1.165) is 38.6 Å². The lowest BCUT2D eigenvalue weighted by Crippen LogP contribution is -2.49. The first-order valence-corrected chi connectivity index (χ1v) is 10.4. The monoisotopic (exact) mass is 388 g/mol. The zero-order valence-corrected chi connectivity index (χ0v) is 17.3. The topological polar surface area (TPSA) is 59.1 Å². The smallest absolute Gasteiger partial charge is 0.261 e. The van der Waals surface area contributed by atoms with Crippen LogP contribution >= 0.6 is 0 Å². The third kappa shape index (κ3) is 4.10. The molecule has 0 radical (unpaired) electrons. The lowest BCUT2D eigenvalue weighted by Gasteiger charge is -2.40. The maximum absolute atomic E-state index is 13.1. The number of ether oxygens (including phenoxy) is 2. The normalized spacial score (nSPS) is 20.8. The van der Waals surface area contributed by atoms with Crippen LogP contribution in [0.1, 0.15) is 55.8 Å². The van der Waals surface area contributed by atoms with Crippen molar-refractivity contribution >= 4 is 11.8 Å². The number of benzene rings is 1. The molecule has 28 heavy (non-hydrogen) atoms. The van der Waals surface area contributed by atoms with Gasteiger partial charge in [-0.3, -0.25) is 9.59 Å². The molecule has 1 atom stereocenters. The van der Waals surface area contributed by atoms with Gasteiger partial charge in [0.15, 0.2) is 0 Å². The number of amides is 2. The van der Waals surface area contributed by atoms with Gasteiger partial charge in [0.1, 0.15) is 17.1 Å². The number of hydrogen-bond donors (Lipinski definition) is 0. The highest BCUT2D eigenvalue weighted by atomic mass is 16.5. The molecule has 6 nitrogen and oxygen atoms in total. The Labute approximate surface area is 167 Å². The van der Waals surface area contributed by atoms with Crippen LogP contribution in [-0.2, 0) is 4.79 Å². The summed E-state index contributed by atoms with van der Waals surface area (Å²) in [7, 11) is 3.11. The number of likely N-dealkylation sites (tertiary alicyclic amines) is 2. The fourth-order valence-corrected chi connectivity index (χ4v) is 4.50. The molecule has 2 heterocycles. The third-order valence-corrected chi connectivity index (χ3v) is 6.15. The summed E-state index contributed by atoms with van der Waals surface area (Å²) >= 11 is 0. The van der Waals surface area contributed by atoms with Gasteiger partial charge in [0.05, 0.1) is 14.2 Å². The Morgan fingerprint density at radius 3 is 2.21 bits per heavy atom. The Kier molecular flexibility index (Phi) is 6.81. The van der Waals surface area contributed by atoms with Crippen molar-refractivity contribution in [2.45, 2.75) is 51.5 Å². The quantitative estimate of drug-likeness (QED) is 0.776. The first kappa shape index (κ1) is 20.5. The largest absolute Gasteiger partial charge is 0.496 e. The van der Waals surface area contributed by atoms with Gasteiger partial charge in [-0.2, -0.15) is 0 Å². The van der Waals surface area contributed by atoms with Crippen molar-refractivity contribution in [2.24, 2.45) is 5.92 Å². The first-order valence-electron chi connectivity index (χ1n) is 10.4. The van der Waals surface area contributed by atoms with E-state index >= 15 is 0 Å². The summed E-state index contributed by atoms with van der Waals surface area (Å²) < 4.78 is 10.7. The summed E-state index contributed by atoms with van der Waals surface area (Å²) in [5.74, 6) is 1.25. The number of hydrogen-bond acceptors (Lipinski definition) is 4. The van der Waals surface area contributed by atoms with Crippen LogP contribution in [0.2, 0.25) is 0 Å². The van der Waals surface area contributed by atoms with Gasteiger partial charge >= 0.3 is 0 Å². The molecular weight excluding hydrogens is 356 g/mol. The van der Waals surface area contributed by atoms with E-state index in [9.17, 15) is 9.59 Å². The van der Waals surface area contributed by atoms with E-state index in [1.807, 2.05) is 11.0 Å². The Morgan fingerprint density at radius 1 is 1.00 bits per heavy atom. The van der Waals surface area contributed by atoms with Gasteiger partial charge in [0, 0.05) is 31.6 Å². The maximum atomic E-state index is 13.1. The minimum Gasteiger partial charge on any atom is -0.496 e. The highest BCUT2D eigenvalue weighted by molar-refractivity contribution is 6.00. The van der Waals surface area contributed by atoms with E-state index in [4.69, 9.17) is 9.47 Å².